The first kappa shape index (κ1) is 17.3. The fraction of sp³-hybridized carbons (Fsp3) is 0.250. The Bertz CT molecular complexity index is 576. The third-order valence-corrected chi connectivity index (χ3v) is 2.55. The molecule has 0 N–H and O–H groups in total. The lowest BCUT2D eigenvalue weighted by atomic mass is 10.0. The van der Waals surface area contributed by atoms with Gasteiger partial charge in [-0.15, -0.1) is 0 Å². The van der Waals surface area contributed by atoms with Gasteiger partial charge in [-0.25, -0.2) is 0 Å². The van der Waals surface area contributed by atoms with Crippen molar-refractivity contribution in [2.45, 2.75) is 19.4 Å². The number of esters is 2. The highest BCUT2D eigenvalue weighted by Crippen LogP contribution is 2.10. The van der Waals surface area contributed by atoms with E-state index in [4.69, 9.17) is 4.74 Å². The number of hydrogen-bond acceptors (Lipinski definition) is 6. The molecule has 0 aliphatic heterocycles. The summed E-state index contributed by atoms with van der Waals surface area (Å²) in [5.41, 5.74) is 0.210. The lowest BCUT2D eigenvalue weighted by Crippen LogP contribution is -2.36. The van der Waals surface area contributed by atoms with Gasteiger partial charge in [-0.2, -0.15) is 0 Å². The molecule has 0 spiro atoms. The first-order chi connectivity index (χ1) is 10.5. The maximum atomic E-state index is 12.3. The Labute approximate surface area is 127 Å². The van der Waals surface area contributed by atoms with E-state index in [0.717, 1.165) is 6.92 Å². The van der Waals surface area contributed by atoms with E-state index < -0.39 is 36.0 Å². The maximum absolute atomic E-state index is 12.3. The van der Waals surface area contributed by atoms with Crippen LogP contribution in [0.25, 0.3) is 0 Å². The minimum absolute atomic E-state index is 0.0447. The number of hydrogen-bond donors (Lipinski definition) is 0. The number of ketones is 2. The van der Waals surface area contributed by atoms with Crippen LogP contribution < -0.4 is 0 Å². The van der Waals surface area contributed by atoms with Gasteiger partial charge in [0.15, 0.2) is 5.78 Å². The third kappa shape index (κ3) is 5.32. The lowest BCUT2D eigenvalue weighted by Gasteiger charge is -2.14. The average molecular weight is 304 g/mol. The molecule has 0 saturated heterocycles. The van der Waals surface area contributed by atoms with Crippen molar-refractivity contribution in [1.82, 2.24) is 0 Å². The van der Waals surface area contributed by atoms with Gasteiger partial charge in [0.1, 0.15) is 13.0 Å². The fourth-order valence-electron chi connectivity index (χ4n) is 1.62. The van der Waals surface area contributed by atoms with Crippen LogP contribution in [0.5, 0.6) is 0 Å². The van der Waals surface area contributed by atoms with Crippen molar-refractivity contribution in [1.29, 1.82) is 0 Å². The molecular formula is C16H16O6. The molecule has 1 aromatic carbocycles. The highest BCUT2D eigenvalue weighted by molar-refractivity contribution is 6.17. The zero-order chi connectivity index (χ0) is 16.5. The Hall–Kier alpha value is -2.76. The molecule has 0 aliphatic rings. The first-order valence-corrected chi connectivity index (χ1v) is 6.51. The molecule has 1 aromatic rings. The molecule has 0 fully saturated rings. The predicted molar refractivity (Wildman–Crippen MR) is 77.1 cm³/mol. The number of benzene rings is 1. The monoisotopic (exact) mass is 304 g/mol. The minimum atomic E-state index is -1.66. The maximum Gasteiger partial charge on any atom is 0.313 e. The summed E-state index contributed by atoms with van der Waals surface area (Å²) >= 11 is 0. The van der Waals surface area contributed by atoms with Crippen LogP contribution in [-0.2, 0) is 23.9 Å². The van der Waals surface area contributed by atoms with Crippen molar-refractivity contribution in [3.63, 3.8) is 0 Å². The summed E-state index contributed by atoms with van der Waals surface area (Å²) in [5, 5.41) is 0. The number of carbonyl (C=O) groups excluding carboxylic acids is 4. The molecule has 1 rings (SSSR count). The molecule has 1 unspecified atom stereocenters. The average Bonchev–Trinajstić information content (AvgIpc) is 2.50. The van der Waals surface area contributed by atoms with E-state index in [-0.39, 0.29) is 12.2 Å². The zero-order valence-electron chi connectivity index (χ0n) is 12.1. The third-order valence-electron chi connectivity index (χ3n) is 2.55. The molecule has 1 atom stereocenters. The van der Waals surface area contributed by atoms with Gasteiger partial charge in [-0.05, 0) is 0 Å². The highest BCUT2D eigenvalue weighted by atomic mass is 16.6. The van der Waals surface area contributed by atoms with Crippen molar-refractivity contribution in [3.8, 4) is 0 Å². The molecule has 6 heteroatoms. The van der Waals surface area contributed by atoms with Crippen LogP contribution in [0, 0.1) is 0 Å². The van der Waals surface area contributed by atoms with Crippen molar-refractivity contribution in [2.75, 3.05) is 6.61 Å². The molecular weight excluding hydrogens is 288 g/mol. The van der Waals surface area contributed by atoms with Crippen LogP contribution in [-0.4, -0.2) is 36.2 Å². The van der Waals surface area contributed by atoms with Crippen LogP contribution in [0.2, 0.25) is 0 Å². The second kappa shape index (κ2) is 8.51. The summed E-state index contributed by atoms with van der Waals surface area (Å²) in [6, 6.07) is 7.90. The molecule has 0 bridgehead atoms. The van der Waals surface area contributed by atoms with Crippen molar-refractivity contribution >= 4 is 23.5 Å². The lowest BCUT2D eigenvalue weighted by molar-refractivity contribution is -0.154. The first-order valence-electron chi connectivity index (χ1n) is 6.51. The molecule has 0 radical (unpaired) electrons. The topological polar surface area (TPSA) is 86.7 Å². The molecule has 22 heavy (non-hydrogen) atoms. The van der Waals surface area contributed by atoms with Gasteiger partial charge in [0.25, 0.3) is 0 Å². The Morgan fingerprint density at radius 1 is 1.18 bits per heavy atom. The van der Waals surface area contributed by atoms with E-state index in [1.165, 1.54) is 18.2 Å². The van der Waals surface area contributed by atoms with Gasteiger partial charge in [0, 0.05) is 12.5 Å². The van der Waals surface area contributed by atoms with Crippen molar-refractivity contribution in [2.24, 2.45) is 0 Å². The van der Waals surface area contributed by atoms with E-state index in [2.05, 4.69) is 11.3 Å². The fourth-order valence-corrected chi connectivity index (χ4v) is 1.62. The molecule has 0 heterocycles. The smallest absolute Gasteiger partial charge is 0.313 e. The summed E-state index contributed by atoms with van der Waals surface area (Å²) in [4.78, 5) is 46.8. The van der Waals surface area contributed by atoms with E-state index in [9.17, 15) is 19.2 Å². The molecule has 0 saturated carbocycles. The van der Waals surface area contributed by atoms with Crippen molar-refractivity contribution < 1.29 is 28.7 Å². The number of rotatable bonds is 8. The second-order valence-corrected chi connectivity index (χ2v) is 4.33. The Balaban J connectivity index is 2.86. The van der Waals surface area contributed by atoms with E-state index in [1.807, 2.05) is 0 Å². The quantitative estimate of drug-likeness (QED) is 0.313. The van der Waals surface area contributed by atoms with E-state index >= 15 is 0 Å². The minimum Gasteiger partial charge on any atom is -0.461 e. The van der Waals surface area contributed by atoms with Crippen LogP contribution >= 0.6 is 0 Å². The van der Waals surface area contributed by atoms with Gasteiger partial charge < -0.3 is 9.47 Å². The molecule has 0 amide bonds. The van der Waals surface area contributed by atoms with Crippen molar-refractivity contribution in [3.05, 3.63) is 48.6 Å². The van der Waals surface area contributed by atoms with Gasteiger partial charge in [-0.3, -0.25) is 19.2 Å². The van der Waals surface area contributed by atoms with Crippen LogP contribution in [0.4, 0.5) is 0 Å². The second-order valence-electron chi connectivity index (χ2n) is 4.33. The molecule has 6 nitrogen and oxygen atoms in total. The summed E-state index contributed by atoms with van der Waals surface area (Å²) in [6.45, 7) is 4.40. The van der Waals surface area contributed by atoms with E-state index in [0.29, 0.717) is 0 Å². The molecule has 0 aromatic heterocycles. The normalized spacial score (nSPS) is 11.1. The Morgan fingerprint density at radius 3 is 2.36 bits per heavy atom. The molecule has 0 aliphatic carbocycles. The highest BCUT2D eigenvalue weighted by Gasteiger charge is 2.32. The van der Waals surface area contributed by atoms with Gasteiger partial charge in [0.05, 0.1) is 0 Å². The summed E-state index contributed by atoms with van der Waals surface area (Å²) in [5.74, 6) is -3.12. The SMILES string of the molecule is C=CCOC(=O)CC(=O)C(OC(C)=O)C(=O)c1ccccc1. The summed E-state index contributed by atoms with van der Waals surface area (Å²) in [6.07, 6.45) is -0.970. The van der Waals surface area contributed by atoms with Gasteiger partial charge >= 0.3 is 11.9 Å². The molecule has 116 valence electrons. The number of carbonyl (C=O) groups is 4. The van der Waals surface area contributed by atoms with Gasteiger partial charge in [-0.1, -0.05) is 43.0 Å². The Kier molecular flexibility index (Phi) is 6.69. The van der Waals surface area contributed by atoms with E-state index in [1.54, 1.807) is 18.2 Å². The van der Waals surface area contributed by atoms with Crippen LogP contribution in [0.1, 0.15) is 23.7 Å². The standard InChI is InChI=1S/C16H16O6/c1-3-9-21-14(19)10-13(18)16(22-11(2)17)15(20)12-7-5-4-6-8-12/h3-8,16H,1,9-10H2,2H3. The number of ether oxygens (including phenoxy) is 2. The van der Waals surface area contributed by atoms with Crippen LogP contribution in [0.3, 0.4) is 0 Å². The summed E-state index contributed by atoms with van der Waals surface area (Å²) in [7, 11) is 0. The van der Waals surface area contributed by atoms with Gasteiger partial charge in [0.2, 0.25) is 11.9 Å². The predicted octanol–water partition coefficient (Wildman–Crippen LogP) is 1.49. The summed E-state index contributed by atoms with van der Waals surface area (Å²) < 4.78 is 9.44. The Morgan fingerprint density at radius 2 is 1.82 bits per heavy atom. The number of Topliss-reactive ketones (excluding diaryl/α,β-unsaturated/α-hetero) is 2. The van der Waals surface area contributed by atoms with Crippen LogP contribution in [0.15, 0.2) is 43.0 Å². The zero-order valence-corrected chi connectivity index (χ0v) is 12.1. The largest absolute Gasteiger partial charge is 0.461 e.